The zero-order valence-electron chi connectivity index (χ0n) is 17.7. The van der Waals surface area contributed by atoms with E-state index in [1.807, 2.05) is 55.5 Å². The zero-order chi connectivity index (χ0) is 21.8. The van der Waals surface area contributed by atoms with Crippen LogP contribution in [0.4, 0.5) is 0 Å². The number of carbonyl (C=O) groups excluding carboxylic acids is 2. The molecule has 0 aliphatic heterocycles. The van der Waals surface area contributed by atoms with Crippen molar-refractivity contribution in [2.45, 2.75) is 45.9 Å². The van der Waals surface area contributed by atoms with Crippen molar-refractivity contribution in [2.75, 3.05) is 0 Å². The molecule has 0 spiro atoms. The number of nitrogens with zero attached hydrogens (tertiary/aromatic N) is 2. The predicted molar refractivity (Wildman–Crippen MR) is 115 cm³/mol. The molecule has 0 aliphatic carbocycles. The first-order chi connectivity index (χ1) is 14.3. The Balaban J connectivity index is 1.83. The SMILES string of the molecule is Cc1ccc(C(CC(=O)OC(C)C)NC(=O)Cn2c(=O)n(C)c3ccccc32)cc1. The lowest BCUT2D eigenvalue weighted by Crippen LogP contribution is -2.36. The van der Waals surface area contributed by atoms with Crippen LogP contribution in [0.3, 0.4) is 0 Å². The summed E-state index contributed by atoms with van der Waals surface area (Å²) in [5, 5.41) is 2.90. The predicted octanol–water partition coefficient (Wildman–Crippen LogP) is 2.85. The minimum absolute atomic E-state index is 0.0113. The number of rotatable bonds is 7. The van der Waals surface area contributed by atoms with E-state index in [4.69, 9.17) is 4.74 Å². The lowest BCUT2D eigenvalue weighted by atomic mass is 10.0. The van der Waals surface area contributed by atoms with Crippen LogP contribution in [0.25, 0.3) is 11.0 Å². The molecule has 0 bridgehead atoms. The van der Waals surface area contributed by atoms with Gasteiger partial charge < -0.3 is 10.1 Å². The first-order valence-corrected chi connectivity index (χ1v) is 9.96. The van der Waals surface area contributed by atoms with E-state index in [0.29, 0.717) is 5.52 Å². The van der Waals surface area contributed by atoms with Crippen LogP contribution < -0.4 is 11.0 Å². The minimum Gasteiger partial charge on any atom is -0.463 e. The van der Waals surface area contributed by atoms with Gasteiger partial charge in [0.15, 0.2) is 0 Å². The third-order valence-corrected chi connectivity index (χ3v) is 4.91. The Kier molecular flexibility index (Phi) is 6.40. The molecular weight excluding hydrogens is 382 g/mol. The quantitative estimate of drug-likeness (QED) is 0.609. The summed E-state index contributed by atoms with van der Waals surface area (Å²) < 4.78 is 8.20. The van der Waals surface area contributed by atoms with E-state index in [1.165, 1.54) is 9.13 Å². The van der Waals surface area contributed by atoms with Gasteiger partial charge in [-0.25, -0.2) is 4.79 Å². The number of amides is 1. The molecule has 1 amide bonds. The van der Waals surface area contributed by atoms with Crippen LogP contribution in [0.1, 0.15) is 37.4 Å². The molecule has 0 saturated carbocycles. The number of carbonyl (C=O) groups is 2. The van der Waals surface area contributed by atoms with Gasteiger partial charge in [-0.05, 0) is 38.5 Å². The highest BCUT2D eigenvalue weighted by Crippen LogP contribution is 2.19. The number of para-hydroxylation sites is 2. The van der Waals surface area contributed by atoms with Crippen molar-refractivity contribution in [1.29, 1.82) is 0 Å². The van der Waals surface area contributed by atoms with Gasteiger partial charge in [0.25, 0.3) is 0 Å². The third kappa shape index (κ3) is 4.79. The molecule has 30 heavy (non-hydrogen) atoms. The van der Waals surface area contributed by atoms with Gasteiger partial charge in [-0.3, -0.25) is 18.7 Å². The van der Waals surface area contributed by atoms with Gasteiger partial charge in [0.1, 0.15) is 6.54 Å². The maximum Gasteiger partial charge on any atom is 0.329 e. The van der Waals surface area contributed by atoms with Gasteiger partial charge in [-0.15, -0.1) is 0 Å². The van der Waals surface area contributed by atoms with Crippen LogP contribution in [0.15, 0.2) is 53.3 Å². The second kappa shape index (κ2) is 8.98. The van der Waals surface area contributed by atoms with Crippen LogP contribution in [0.5, 0.6) is 0 Å². The largest absolute Gasteiger partial charge is 0.463 e. The first kappa shape index (κ1) is 21.4. The number of ether oxygens (including phenoxy) is 1. The number of hydrogen-bond donors (Lipinski definition) is 1. The normalized spacial score (nSPS) is 12.2. The lowest BCUT2D eigenvalue weighted by molar-refractivity contribution is -0.148. The fourth-order valence-corrected chi connectivity index (χ4v) is 3.43. The van der Waals surface area contributed by atoms with Gasteiger partial charge in [-0.2, -0.15) is 0 Å². The fraction of sp³-hybridized carbons (Fsp3) is 0.348. The second-order valence-corrected chi connectivity index (χ2v) is 7.69. The Morgan fingerprint density at radius 1 is 1.03 bits per heavy atom. The summed E-state index contributed by atoms with van der Waals surface area (Å²) in [6.45, 7) is 5.40. The standard InChI is InChI=1S/C23H27N3O4/c1-15(2)30-22(28)13-18(17-11-9-16(3)10-12-17)24-21(27)14-26-20-8-6-5-7-19(20)25(4)23(26)29/h5-12,15,18H,13-14H2,1-4H3,(H,24,27). The van der Waals surface area contributed by atoms with Crippen molar-refractivity contribution in [3.05, 3.63) is 70.1 Å². The molecular formula is C23H27N3O4. The second-order valence-electron chi connectivity index (χ2n) is 7.69. The fourth-order valence-electron chi connectivity index (χ4n) is 3.43. The monoisotopic (exact) mass is 409 g/mol. The van der Waals surface area contributed by atoms with E-state index in [9.17, 15) is 14.4 Å². The molecule has 0 saturated heterocycles. The van der Waals surface area contributed by atoms with E-state index in [2.05, 4.69) is 5.32 Å². The Labute approximate surface area is 175 Å². The number of nitrogens with one attached hydrogen (secondary N) is 1. The van der Waals surface area contributed by atoms with Crippen LogP contribution in [-0.4, -0.2) is 27.1 Å². The highest BCUT2D eigenvalue weighted by molar-refractivity contribution is 5.81. The summed E-state index contributed by atoms with van der Waals surface area (Å²) in [5.74, 6) is -0.741. The Morgan fingerprint density at radius 2 is 1.67 bits per heavy atom. The summed E-state index contributed by atoms with van der Waals surface area (Å²) in [4.78, 5) is 37.7. The van der Waals surface area contributed by atoms with E-state index < -0.39 is 12.0 Å². The summed E-state index contributed by atoms with van der Waals surface area (Å²) in [6.07, 6.45) is -0.224. The van der Waals surface area contributed by atoms with Gasteiger partial charge in [0, 0.05) is 7.05 Å². The molecule has 3 rings (SSSR count). The first-order valence-electron chi connectivity index (χ1n) is 9.96. The molecule has 1 heterocycles. The lowest BCUT2D eigenvalue weighted by Gasteiger charge is -2.20. The molecule has 0 radical (unpaired) electrons. The molecule has 7 heteroatoms. The summed E-state index contributed by atoms with van der Waals surface area (Å²) >= 11 is 0. The molecule has 0 aliphatic rings. The molecule has 1 aromatic heterocycles. The molecule has 2 aromatic carbocycles. The molecule has 7 nitrogen and oxygen atoms in total. The summed E-state index contributed by atoms with van der Waals surface area (Å²) in [7, 11) is 1.68. The third-order valence-electron chi connectivity index (χ3n) is 4.91. The number of hydrogen-bond acceptors (Lipinski definition) is 4. The van der Waals surface area contributed by atoms with Crippen molar-refractivity contribution < 1.29 is 14.3 Å². The zero-order valence-corrected chi connectivity index (χ0v) is 17.7. The Bertz CT molecular complexity index is 1110. The highest BCUT2D eigenvalue weighted by Gasteiger charge is 2.21. The number of esters is 1. The van der Waals surface area contributed by atoms with Crippen LogP contribution in [0.2, 0.25) is 0 Å². The van der Waals surface area contributed by atoms with E-state index in [0.717, 1.165) is 16.6 Å². The molecule has 0 fully saturated rings. The average molecular weight is 409 g/mol. The van der Waals surface area contributed by atoms with Crippen LogP contribution >= 0.6 is 0 Å². The Morgan fingerprint density at radius 3 is 2.30 bits per heavy atom. The summed E-state index contributed by atoms with van der Waals surface area (Å²) in [5.41, 5.74) is 3.06. The smallest absolute Gasteiger partial charge is 0.329 e. The van der Waals surface area contributed by atoms with E-state index in [-0.39, 0.29) is 30.7 Å². The van der Waals surface area contributed by atoms with Gasteiger partial charge in [0.05, 0.1) is 29.6 Å². The van der Waals surface area contributed by atoms with Crippen LogP contribution in [0, 0.1) is 6.92 Å². The van der Waals surface area contributed by atoms with Crippen molar-refractivity contribution in [3.8, 4) is 0 Å². The topological polar surface area (TPSA) is 82.3 Å². The van der Waals surface area contributed by atoms with E-state index >= 15 is 0 Å². The van der Waals surface area contributed by atoms with Crippen molar-refractivity contribution in [2.24, 2.45) is 7.05 Å². The van der Waals surface area contributed by atoms with Crippen molar-refractivity contribution in [1.82, 2.24) is 14.5 Å². The van der Waals surface area contributed by atoms with Crippen LogP contribution in [-0.2, 0) is 27.9 Å². The van der Waals surface area contributed by atoms with Gasteiger partial charge >= 0.3 is 11.7 Å². The number of imidazole rings is 1. The highest BCUT2D eigenvalue weighted by atomic mass is 16.5. The molecule has 1 atom stereocenters. The average Bonchev–Trinajstić information content (AvgIpc) is 2.92. The number of aromatic nitrogens is 2. The van der Waals surface area contributed by atoms with Gasteiger partial charge in [0.2, 0.25) is 5.91 Å². The van der Waals surface area contributed by atoms with Crippen molar-refractivity contribution >= 4 is 22.9 Å². The number of aryl methyl sites for hydroxylation is 2. The summed E-state index contributed by atoms with van der Waals surface area (Å²) in [6, 6.07) is 14.4. The molecule has 3 aromatic rings. The Hall–Kier alpha value is -3.35. The molecule has 1 unspecified atom stereocenters. The maximum atomic E-state index is 12.8. The molecule has 158 valence electrons. The minimum atomic E-state index is -0.546. The van der Waals surface area contributed by atoms with E-state index in [1.54, 1.807) is 20.9 Å². The number of benzene rings is 2. The number of fused-ring (bicyclic) bond motifs is 1. The van der Waals surface area contributed by atoms with Gasteiger partial charge in [-0.1, -0.05) is 42.0 Å². The van der Waals surface area contributed by atoms with Crippen molar-refractivity contribution in [3.63, 3.8) is 0 Å². The molecule has 1 N–H and O–H groups in total. The maximum absolute atomic E-state index is 12.8.